The molecule has 16 heavy (non-hydrogen) atoms. The van der Waals surface area contributed by atoms with Crippen LogP contribution in [-0.4, -0.2) is 23.7 Å². The van der Waals surface area contributed by atoms with Crippen molar-refractivity contribution in [2.75, 3.05) is 0 Å². The first-order valence-corrected chi connectivity index (χ1v) is 4.19. The van der Waals surface area contributed by atoms with Crippen molar-refractivity contribution < 1.29 is 9.59 Å². The molecule has 0 aliphatic heterocycles. The van der Waals surface area contributed by atoms with Gasteiger partial charge in [0.2, 0.25) is 23.7 Å². The van der Waals surface area contributed by atoms with Crippen LogP contribution in [0.5, 0.6) is 0 Å². The Balaban J connectivity index is 3.63. The molecule has 0 rings (SSSR count). The Morgan fingerprint density at radius 3 is 1.38 bits per heavy atom. The molecular formula is C6H14N8O2. The van der Waals surface area contributed by atoms with Crippen LogP contribution in [0, 0.1) is 10.8 Å². The van der Waals surface area contributed by atoms with Gasteiger partial charge in [-0.1, -0.05) is 0 Å². The number of hydrogen-bond acceptors (Lipinski definition) is 4. The fourth-order valence-electron chi connectivity index (χ4n) is 0.626. The van der Waals surface area contributed by atoms with Crippen LogP contribution < -0.4 is 33.2 Å². The summed E-state index contributed by atoms with van der Waals surface area (Å²) in [6.07, 6.45) is -0.183. The number of guanidine groups is 2. The van der Waals surface area contributed by atoms with E-state index in [2.05, 4.69) is 21.7 Å². The van der Waals surface area contributed by atoms with Crippen molar-refractivity contribution in [3.63, 3.8) is 0 Å². The molecule has 0 spiro atoms. The predicted molar refractivity (Wildman–Crippen MR) is 55.6 cm³/mol. The molecule has 0 saturated heterocycles. The van der Waals surface area contributed by atoms with E-state index in [0.29, 0.717) is 0 Å². The Morgan fingerprint density at radius 1 is 0.812 bits per heavy atom. The van der Waals surface area contributed by atoms with Crippen LogP contribution in [0.25, 0.3) is 0 Å². The standard InChI is InChI=1S/C6H14N8O2/c7-5(8)13-11-3(15)1-2-4(16)12-14-6(9)10/h1-2H2,(H,11,15)(H,12,16)(H4,7,8,13)(H4,9,10,14). The summed E-state index contributed by atoms with van der Waals surface area (Å²) in [5, 5.41) is 13.5. The number of carbonyl (C=O) groups excluding carboxylic acids is 2. The van der Waals surface area contributed by atoms with Crippen LogP contribution in [0.2, 0.25) is 0 Å². The molecule has 0 fully saturated rings. The van der Waals surface area contributed by atoms with Gasteiger partial charge >= 0.3 is 0 Å². The highest BCUT2D eigenvalue weighted by Crippen LogP contribution is 1.86. The average Bonchev–Trinajstić information content (AvgIpc) is 2.20. The molecule has 0 radical (unpaired) electrons. The Kier molecular flexibility index (Phi) is 5.78. The van der Waals surface area contributed by atoms with Crippen LogP contribution in [0.4, 0.5) is 0 Å². The highest BCUT2D eigenvalue weighted by molar-refractivity contribution is 5.86. The largest absolute Gasteiger partial charge is 0.369 e. The van der Waals surface area contributed by atoms with Gasteiger partial charge in [-0.3, -0.25) is 42.1 Å². The van der Waals surface area contributed by atoms with Gasteiger partial charge in [-0.2, -0.15) is 0 Å². The maximum absolute atomic E-state index is 11.0. The SMILES string of the molecule is N=C(N)NNC(=O)CCC(=O)NNC(=N)N. The molecule has 10 heteroatoms. The third-order valence-electron chi connectivity index (χ3n) is 1.25. The molecule has 0 heterocycles. The monoisotopic (exact) mass is 230 g/mol. The summed E-state index contributed by atoms with van der Waals surface area (Å²) in [4.78, 5) is 22.0. The lowest BCUT2D eigenvalue weighted by Crippen LogP contribution is -2.46. The molecule has 0 atom stereocenters. The topological polar surface area (TPSA) is 182 Å². The molecule has 2 amide bonds. The molecule has 0 aliphatic rings. The third kappa shape index (κ3) is 8.10. The maximum atomic E-state index is 11.0. The Bertz CT molecular complexity index is 271. The summed E-state index contributed by atoms with van der Waals surface area (Å²) in [6, 6.07) is 0. The summed E-state index contributed by atoms with van der Waals surface area (Å²) in [5.74, 6) is -1.80. The Morgan fingerprint density at radius 2 is 1.12 bits per heavy atom. The van der Waals surface area contributed by atoms with E-state index in [1.165, 1.54) is 0 Å². The number of nitrogens with two attached hydrogens (primary N) is 2. The molecule has 0 bridgehead atoms. The smallest absolute Gasteiger partial charge is 0.238 e. The van der Waals surface area contributed by atoms with Gasteiger partial charge in [-0.25, -0.2) is 0 Å². The quantitative estimate of drug-likeness (QED) is 0.143. The molecule has 10 nitrogen and oxygen atoms in total. The van der Waals surface area contributed by atoms with Gasteiger partial charge in [0.15, 0.2) is 0 Å². The van der Waals surface area contributed by atoms with Gasteiger partial charge < -0.3 is 11.5 Å². The van der Waals surface area contributed by atoms with Gasteiger partial charge in [0.25, 0.3) is 0 Å². The van der Waals surface area contributed by atoms with Crippen molar-refractivity contribution in [3.8, 4) is 0 Å². The number of amides is 2. The molecule has 90 valence electrons. The lowest BCUT2D eigenvalue weighted by Gasteiger charge is -2.07. The minimum absolute atomic E-state index is 0.0916. The van der Waals surface area contributed by atoms with E-state index in [4.69, 9.17) is 22.3 Å². The van der Waals surface area contributed by atoms with Crippen molar-refractivity contribution in [3.05, 3.63) is 0 Å². The van der Waals surface area contributed by atoms with E-state index in [9.17, 15) is 9.59 Å². The second kappa shape index (κ2) is 6.86. The summed E-state index contributed by atoms with van der Waals surface area (Å²) in [7, 11) is 0. The predicted octanol–water partition coefficient (Wildman–Crippen LogP) is -3.20. The molecule has 0 aromatic carbocycles. The van der Waals surface area contributed by atoms with Gasteiger partial charge in [0.05, 0.1) is 0 Å². The second-order valence-electron chi connectivity index (χ2n) is 2.67. The highest BCUT2D eigenvalue weighted by Gasteiger charge is 2.06. The fraction of sp³-hybridized carbons (Fsp3) is 0.333. The number of rotatable bonds is 3. The average molecular weight is 230 g/mol. The summed E-state index contributed by atoms with van der Waals surface area (Å²) >= 11 is 0. The lowest BCUT2D eigenvalue weighted by molar-refractivity contribution is -0.127. The lowest BCUT2D eigenvalue weighted by atomic mass is 10.3. The Hall–Kier alpha value is -2.52. The number of hydrazine groups is 2. The maximum Gasteiger partial charge on any atom is 0.238 e. The molecule has 10 N–H and O–H groups in total. The first kappa shape index (κ1) is 13.5. The van der Waals surface area contributed by atoms with Crippen molar-refractivity contribution in [2.45, 2.75) is 12.8 Å². The fourth-order valence-corrected chi connectivity index (χ4v) is 0.626. The Labute approximate surface area is 91.1 Å². The van der Waals surface area contributed by atoms with Gasteiger partial charge in [0.1, 0.15) is 0 Å². The van der Waals surface area contributed by atoms with Crippen LogP contribution in [0.3, 0.4) is 0 Å². The van der Waals surface area contributed by atoms with Crippen molar-refractivity contribution in [2.24, 2.45) is 11.5 Å². The first-order valence-electron chi connectivity index (χ1n) is 4.19. The van der Waals surface area contributed by atoms with E-state index in [0.717, 1.165) is 0 Å². The van der Waals surface area contributed by atoms with E-state index in [-0.39, 0.29) is 12.8 Å². The molecule has 0 saturated carbocycles. The van der Waals surface area contributed by atoms with Crippen LogP contribution in [-0.2, 0) is 9.59 Å². The van der Waals surface area contributed by atoms with Crippen LogP contribution in [0.1, 0.15) is 12.8 Å². The molecule has 0 aliphatic carbocycles. The van der Waals surface area contributed by atoms with Gasteiger partial charge in [0, 0.05) is 12.8 Å². The number of nitrogens with one attached hydrogen (secondary N) is 6. The van der Waals surface area contributed by atoms with Crippen molar-refractivity contribution in [1.29, 1.82) is 10.8 Å². The molecular weight excluding hydrogens is 216 g/mol. The van der Waals surface area contributed by atoms with E-state index >= 15 is 0 Å². The van der Waals surface area contributed by atoms with Crippen molar-refractivity contribution in [1.82, 2.24) is 21.7 Å². The number of hydrogen-bond donors (Lipinski definition) is 8. The first-order chi connectivity index (χ1) is 7.41. The van der Waals surface area contributed by atoms with E-state index in [1.807, 2.05) is 0 Å². The zero-order valence-electron chi connectivity index (χ0n) is 8.39. The van der Waals surface area contributed by atoms with E-state index < -0.39 is 23.7 Å². The van der Waals surface area contributed by atoms with Crippen molar-refractivity contribution >= 4 is 23.7 Å². The highest BCUT2D eigenvalue weighted by atomic mass is 16.2. The van der Waals surface area contributed by atoms with Gasteiger partial charge in [-0.15, -0.1) is 0 Å². The summed E-state index contributed by atoms with van der Waals surface area (Å²) in [6.45, 7) is 0. The summed E-state index contributed by atoms with van der Waals surface area (Å²) < 4.78 is 0. The number of carbonyl (C=O) groups is 2. The zero-order valence-corrected chi connectivity index (χ0v) is 8.39. The van der Waals surface area contributed by atoms with Gasteiger partial charge in [-0.05, 0) is 0 Å². The third-order valence-corrected chi connectivity index (χ3v) is 1.25. The zero-order chi connectivity index (χ0) is 12.6. The second-order valence-corrected chi connectivity index (χ2v) is 2.67. The normalized spacial score (nSPS) is 8.75. The molecule has 0 aromatic heterocycles. The molecule has 0 unspecified atom stereocenters. The molecule has 0 aromatic rings. The van der Waals surface area contributed by atoms with Crippen LogP contribution in [0.15, 0.2) is 0 Å². The minimum atomic E-state index is -0.492. The summed E-state index contributed by atoms with van der Waals surface area (Å²) in [5.41, 5.74) is 18.2. The van der Waals surface area contributed by atoms with E-state index in [1.54, 1.807) is 0 Å². The van der Waals surface area contributed by atoms with Crippen LogP contribution >= 0.6 is 0 Å². The minimum Gasteiger partial charge on any atom is -0.369 e.